The highest BCUT2D eigenvalue weighted by molar-refractivity contribution is 5.94. The van der Waals surface area contributed by atoms with E-state index in [0.29, 0.717) is 12.1 Å². The lowest BCUT2D eigenvalue weighted by Gasteiger charge is -2.29. The molecule has 0 saturated heterocycles. The zero-order chi connectivity index (χ0) is 29.4. The average Bonchev–Trinajstić information content (AvgIpc) is 3.59. The molecule has 40 heavy (non-hydrogen) atoms. The molecule has 5 atom stereocenters. The van der Waals surface area contributed by atoms with Crippen molar-refractivity contribution in [3.8, 4) is 0 Å². The van der Waals surface area contributed by atoms with Crippen LogP contribution in [0.15, 0.2) is 43.0 Å². The van der Waals surface area contributed by atoms with E-state index in [1.54, 1.807) is 20.8 Å². The minimum absolute atomic E-state index is 0.00123. The monoisotopic (exact) mass is 553 g/mol. The van der Waals surface area contributed by atoms with Crippen LogP contribution in [0.3, 0.4) is 0 Å². The summed E-state index contributed by atoms with van der Waals surface area (Å²) < 4.78 is 0. The van der Waals surface area contributed by atoms with Gasteiger partial charge in [-0.2, -0.15) is 0 Å². The van der Waals surface area contributed by atoms with Gasteiger partial charge in [-0.15, -0.1) is 0 Å². The molecular formula is C28H39N7O5. The zero-order valence-corrected chi connectivity index (χ0v) is 23.2. The quantitative estimate of drug-likeness (QED) is 0.156. The molecule has 0 radical (unpaired) electrons. The number of carboxylic acid groups (broad SMARTS) is 1. The number of hydrogen-bond acceptors (Lipinski definition) is 6. The van der Waals surface area contributed by atoms with Crippen LogP contribution in [0.4, 0.5) is 0 Å². The Morgan fingerprint density at radius 2 is 1.62 bits per heavy atom. The van der Waals surface area contributed by atoms with Crippen molar-refractivity contribution in [3.05, 3.63) is 54.2 Å². The SMILES string of the molecule is CCC(C)C(NC(=O)C(NC(=O)C(N)Cc1c[nH]c2ccccc12)C(C)C)C(=O)NC(Cc1cnc[nH]1)C(=O)O. The van der Waals surface area contributed by atoms with Crippen LogP contribution in [0.25, 0.3) is 10.9 Å². The number of nitrogens with zero attached hydrogens (tertiary/aromatic N) is 1. The Kier molecular flexibility index (Phi) is 10.4. The van der Waals surface area contributed by atoms with Crippen molar-refractivity contribution in [2.75, 3.05) is 0 Å². The summed E-state index contributed by atoms with van der Waals surface area (Å²) in [4.78, 5) is 61.3. The second kappa shape index (κ2) is 13.7. The summed E-state index contributed by atoms with van der Waals surface area (Å²) in [5, 5.41) is 18.6. The van der Waals surface area contributed by atoms with E-state index in [4.69, 9.17) is 5.73 Å². The van der Waals surface area contributed by atoms with Crippen molar-refractivity contribution in [1.29, 1.82) is 0 Å². The number of aromatic nitrogens is 3. The molecular weight excluding hydrogens is 514 g/mol. The fourth-order valence-corrected chi connectivity index (χ4v) is 4.45. The zero-order valence-electron chi connectivity index (χ0n) is 23.2. The Morgan fingerprint density at radius 1 is 0.950 bits per heavy atom. The number of fused-ring (bicyclic) bond motifs is 1. The van der Waals surface area contributed by atoms with Gasteiger partial charge < -0.3 is 36.8 Å². The maximum Gasteiger partial charge on any atom is 0.326 e. The van der Waals surface area contributed by atoms with E-state index in [2.05, 4.69) is 30.9 Å². The van der Waals surface area contributed by atoms with Crippen molar-refractivity contribution in [2.24, 2.45) is 17.6 Å². The maximum absolute atomic E-state index is 13.4. The van der Waals surface area contributed by atoms with Crippen LogP contribution in [0, 0.1) is 11.8 Å². The van der Waals surface area contributed by atoms with E-state index in [1.807, 2.05) is 37.4 Å². The number of nitrogens with two attached hydrogens (primary N) is 1. The van der Waals surface area contributed by atoms with E-state index < -0.39 is 47.9 Å². The van der Waals surface area contributed by atoms with Crippen LogP contribution in [-0.2, 0) is 32.0 Å². The third-order valence-corrected chi connectivity index (χ3v) is 7.09. The number of carbonyl (C=O) groups is 4. The first-order valence-corrected chi connectivity index (χ1v) is 13.4. The second-order valence-electron chi connectivity index (χ2n) is 10.5. The Hall–Kier alpha value is -4.19. The van der Waals surface area contributed by atoms with Crippen LogP contribution in [-0.4, -0.2) is 67.9 Å². The van der Waals surface area contributed by atoms with Crippen molar-refractivity contribution in [3.63, 3.8) is 0 Å². The molecule has 0 bridgehead atoms. The molecule has 5 unspecified atom stereocenters. The highest BCUT2D eigenvalue weighted by atomic mass is 16.4. The molecule has 12 nitrogen and oxygen atoms in total. The lowest BCUT2D eigenvalue weighted by Crippen LogP contribution is -2.60. The molecule has 0 saturated carbocycles. The summed E-state index contributed by atoms with van der Waals surface area (Å²) in [6, 6.07) is 3.60. The molecule has 3 amide bonds. The molecule has 216 valence electrons. The predicted molar refractivity (Wildman–Crippen MR) is 150 cm³/mol. The molecule has 8 N–H and O–H groups in total. The van der Waals surface area contributed by atoms with Crippen LogP contribution in [0.1, 0.15) is 45.4 Å². The van der Waals surface area contributed by atoms with Gasteiger partial charge in [-0.3, -0.25) is 14.4 Å². The largest absolute Gasteiger partial charge is 0.480 e. The van der Waals surface area contributed by atoms with E-state index >= 15 is 0 Å². The third kappa shape index (κ3) is 7.69. The van der Waals surface area contributed by atoms with Crippen LogP contribution < -0.4 is 21.7 Å². The van der Waals surface area contributed by atoms with Crippen LogP contribution >= 0.6 is 0 Å². The minimum Gasteiger partial charge on any atom is -0.480 e. The van der Waals surface area contributed by atoms with E-state index in [-0.39, 0.29) is 24.7 Å². The van der Waals surface area contributed by atoms with Crippen molar-refractivity contribution in [1.82, 2.24) is 30.9 Å². The number of aliphatic carboxylic acids is 1. The first-order valence-electron chi connectivity index (χ1n) is 13.4. The Labute approximate surface area is 232 Å². The molecule has 1 aromatic carbocycles. The molecule has 0 spiro atoms. The van der Waals surface area contributed by atoms with Gasteiger partial charge in [-0.05, 0) is 29.9 Å². The fraction of sp³-hybridized carbons (Fsp3) is 0.464. The Bertz CT molecular complexity index is 1300. The number of aromatic amines is 2. The molecule has 0 aliphatic heterocycles. The highest BCUT2D eigenvalue weighted by Gasteiger charge is 2.34. The smallest absolute Gasteiger partial charge is 0.326 e. The minimum atomic E-state index is -1.22. The molecule has 3 aromatic rings. The number of hydrogen-bond donors (Lipinski definition) is 7. The first kappa shape index (κ1) is 30.4. The van der Waals surface area contributed by atoms with Gasteiger partial charge in [0.2, 0.25) is 17.7 Å². The van der Waals surface area contributed by atoms with Gasteiger partial charge in [0.25, 0.3) is 0 Å². The number of nitrogens with one attached hydrogen (secondary N) is 5. The summed E-state index contributed by atoms with van der Waals surface area (Å²) >= 11 is 0. The standard InChI is InChI=1S/C28H39N7O5/c1-5-16(4)24(27(38)33-22(28(39)40)11-18-13-30-14-32-18)35-26(37)23(15(2)3)34-25(36)20(29)10-17-12-31-21-9-7-6-8-19(17)21/h6-9,12-16,20,22-24,31H,5,10-11,29H2,1-4H3,(H,30,32)(H,33,38)(H,34,36)(H,35,37)(H,39,40). The third-order valence-electron chi connectivity index (χ3n) is 7.09. The Balaban J connectivity index is 1.68. The number of H-pyrrole nitrogens is 2. The van der Waals surface area contributed by atoms with Gasteiger partial charge in [0, 0.05) is 35.4 Å². The molecule has 2 aromatic heterocycles. The highest BCUT2D eigenvalue weighted by Crippen LogP contribution is 2.19. The topological polar surface area (TPSA) is 195 Å². The molecule has 0 aliphatic rings. The number of carbonyl (C=O) groups excluding carboxylic acids is 3. The van der Waals surface area contributed by atoms with Gasteiger partial charge >= 0.3 is 5.97 Å². The van der Waals surface area contributed by atoms with Gasteiger partial charge in [-0.1, -0.05) is 52.3 Å². The molecule has 3 rings (SSSR count). The van der Waals surface area contributed by atoms with Crippen molar-refractivity contribution in [2.45, 2.75) is 71.1 Å². The number of imidazole rings is 1. The molecule has 0 fully saturated rings. The average molecular weight is 554 g/mol. The van der Waals surface area contributed by atoms with Gasteiger partial charge in [0.1, 0.15) is 18.1 Å². The Morgan fingerprint density at radius 3 is 2.25 bits per heavy atom. The summed E-state index contributed by atoms with van der Waals surface area (Å²) in [5.41, 5.74) is 8.59. The van der Waals surface area contributed by atoms with Crippen molar-refractivity contribution < 1.29 is 24.3 Å². The summed E-state index contributed by atoms with van der Waals surface area (Å²) in [5.74, 6) is -3.50. The predicted octanol–water partition coefficient (Wildman–Crippen LogP) is 1.24. The summed E-state index contributed by atoms with van der Waals surface area (Å²) in [6.45, 7) is 7.20. The lowest BCUT2D eigenvalue weighted by atomic mass is 9.95. The number of carboxylic acids is 1. The molecule has 0 aliphatic carbocycles. The number of amides is 3. The van der Waals surface area contributed by atoms with Crippen LogP contribution in [0.2, 0.25) is 0 Å². The second-order valence-corrected chi connectivity index (χ2v) is 10.5. The van der Waals surface area contributed by atoms with E-state index in [9.17, 15) is 24.3 Å². The molecule has 2 heterocycles. The maximum atomic E-state index is 13.4. The van der Waals surface area contributed by atoms with Gasteiger partial charge in [0.05, 0.1) is 12.4 Å². The number of rotatable bonds is 14. The first-order chi connectivity index (χ1) is 19.0. The fourth-order valence-electron chi connectivity index (χ4n) is 4.45. The van der Waals surface area contributed by atoms with E-state index in [1.165, 1.54) is 12.5 Å². The number of para-hydroxylation sites is 1. The van der Waals surface area contributed by atoms with Crippen molar-refractivity contribution >= 4 is 34.6 Å². The van der Waals surface area contributed by atoms with E-state index in [0.717, 1.165) is 16.5 Å². The number of benzene rings is 1. The van der Waals surface area contributed by atoms with Crippen LogP contribution in [0.5, 0.6) is 0 Å². The lowest BCUT2D eigenvalue weighted by molar-refractivity contribution is -0.142. The summed E-state index contributed by atoms with van der Waals surface area (Å²) in [7, 11) is 0. The van der Waals surface area contributed by atoms with Gasteiger partial charge in [0.15, 0.2) is 0 Å². The normalized spacial score (nSPS) is 15.2. The summed E-state index contributed by atoms with van der Waals surface area (Å²) in [6.07, 6.45) is 5.54. The molecule has 12 heteroatoms. The van der Waals surface area contributed by atoms with Gasteiger partial charge in [-0.25, -0.2) is 9.78 Å².